The number of amides is 1. The van der Waals surface area contributed by atoms with Gasteiger partial charge in [0.15, 0.2) is 0 Å². The molecule has 1 aliphatic heterocycles. The first-order chi connectivity index (χ1) is 7.97. The second-order valence-electron chi connectivity index (χ2n) is 4.89. The van der Waals surface area contributed by atoms with Crippen molar-refractivity contribution < 1.29 is 14.7 Å². The number of rotatable bonds is 5. The van der Waals surface area contributed by atoms with Crippen LogP contribution < -0.4 is 5.73 Å². The monoisotopic (exact) mass is 242 g/mol. The molecule has 0 aromatic rings. The summed E-state index contributed by atoms with van der Waals surface area (Å²) in [6.07, 6.45) is 2.75. The van der Waals surface area contributed by atoms with E-state index in [9.17, 15) is 9.59 Å². The summed E-state index contributed by atoms with van der Waals surface area (Å²) in [5.74, 6) is -1.01. The van der Waals surface area contributed by atoms with Crippen LogP contribution >= 0.6 is 0 Å². The van der Waals surface area contributed by atoms with E-state index in [2.05, 4.69) is 0 Å². The zero-order valence-electron chi connectivity index (χ0n) is 10.6. The van der Waals surface area contributed by atoms with E-state index < -0.39 is 12.0 Å². The zero-order valence-corrected chi connectivity index (χ0v) is 10.6. The molecule has 0 aromatic heterocycles. The molecule has 0 aromatic carbocycles. The Bertz CT molecular complexity index is 293. The Hall–Kier alpha value is -1.10. The number of nitrogens with zero attached hydrogens (tertiary/aromatic N) is 1. The fraction of sp³-hybridized carbons (Fsp3) is 0.833. The molecule has 3 N–H and O–H groups in total. The number of carbonyl (C=O) groups is 2. The molecule has 0 radical (unpaired) electrons. The maximum atomic E-state index is 12.0. The molecule has 1 aliphatic rings. The molecule has 0 aliphatic carbocycles. The van der Waals surface area contributed by atoms with Gasteiger partial charge in [-0.2, -0.15) is 0 Å². The van der Waals surface area contributed by atoms with Crippen molar-refractivity contribution in [2.45, 2.75) is 51.6 Å². The SMILES string of the molecule is CCCC(N)CC(=O)N1CCC(C)C1C(=O)O. The third-order valence-electron chi connectivity index (χ3n) is 3.37. The second kappa shape index (κ2) is 6.00. The third-order valence-corrected chi connectivity index (χ3v) is 3.37. The number of carboxylic acid groups (broad SMARTS) is 1. The molecular weight excluding hydrogens is 220 g/mol. The van der Waals surface area contributed by atoms with E-state index in [1.54, 1.807) is 0 Å². The van der Waals surface area contributed by atoms with Gasteiger partial charge in [-0.25, -0.2) is 4.79 Å². The molecule has 0 saturated carbocycles. The fourth-order valence-electron chi connectivity index (χ4n) is 2.42. The van der Waals surface area contributed by atoms with E-state index in [4.69, 9.17) is 10.8 Å². The third kappa shape index (κ3) is 3.43. The molecule has 0 spiro atoms. The number of carbonyl (C=O) groups excluding carboxylic acids is 1. The molecule has 1 fully saturated rings. The lowest BCUT2D eigenvalue weighted by atomic mass is 10.0. The number of nitrogens with two attached hydrogens (primary N) is 1. The summed E-state index contributed by atoms with van der Waals surface area (Å²) in [7, 11) is 0. The Morgan fingerprint density at radius 1 is 1.53 bits per heavy atom. The van der Waals surface area contributed by atoms with Gasteiger partial charge in [-0.1, -0.05) is 20.3 Å². The standard InChI is InChI=1S/C12H22N2O3/c1-3-4-9(13)7-10(15)14-6-5-8(2)11(14)12(16)17/h8-9,11H,3-7,13H2,1-2H3,(H,16,17). The summed E-state index contributed by atoms with van der Waals surface area (Å²) in [5, 5.41) is 9.12. The van der Waals surface area contributed by atoms with Gasteiger partial charge >= 0.3 is 5.97 Å². The predicted octanol–water partition coefficient (Wildman–Crippen LogP) is 0.826. The highest BCUT2D eigenvalue weighted by molar-refractivity contribution is 5.84. The quantitative estimate of drug-likeness (QED) is 0.747. The average molecular weight is 242 g/mol. The minimum absolute atomic E-state index is 0.0267. The Kier molecular flexibility index (Phi) is 4.93. The summed E-state index contributed by atoms with van der Waals surface area (Å²) in [6, 6.07) is -0.825. The van der Waals surface area contributed by atoms with Crippen molar-refractivity contribution in [1.29, 1.82) is 0 Å². The van der Waals surface area contributed by atoms with Gasteiger partial charge in [-0.3, -0.25) is 4.79 Å². The molecule has 17 heavy (non-hydrogen) atoms. The van der Waals surface area contributed by atoms with Crippen LogP contribution in [0, 0.1) is 5.92 Å². The topological polar surface area (TPSA) is 83.6 Å². The van der Waals surface area contributed by atoms with Crippen LogP contribution in [0.2, 0.25) is 0 Å². The van der Waals surface area contributed by atoms with Gasteiger partial charge in [0, 0.05) is 19.0 Å². The summed E-state index contributed by atoms with van der Waals surface area (Å²) >= 11 is 0. The van der Waals surface area contributed by atoms with Gasteiger partial charge < -0.3 is 15.7 Å². The van der Waals surface area contributed by atoms with Gasteiger partial charge in [0.25, 0.3) is 0 Å². The molecule has 1 rings (SSSR count). The van der Waals surface area contributed by atoms with Crippen LogP contribution in [0.3, 0.4) is 0 Å². The van der Waals surface area contributed by atoms with Crippen LogP contribution in [-0.2, 0) is 9.59 Å². The second-order valence-corrected chi connectivity index (χ2v) is 4.89. The molecule has 1 amide bonds. The highest BCUT2D eigenvalue weighted by Gasteiger charge is 2.39. The number of carboxylic acids is 1. The van der Waals surface area contributed by atoms with Crippen molar-refractivity contribution in [3.63, 3.8) is 0 Å². The molecule has 1 saturated heterocycles. The van der Waals surface area contributed by atoms with Crippen LogP contribution in [0.5, 0.6) is 0 Å². The van der Waals surface area contributed by atoms with Gasteiger partial charge in [-0.15, -0.1) is 0 Å². The lowest BCUT2D eigenvalue weighted by molar-refractivity contribution is -0.149. The van der Waals surface area contributed by atoms with Crippen LogP contribution in [0.15, 0.2) is 0 Å². The molecule has 0 bridgehead atoms. The van der Waals surface area contributed by atoms with Crippen molar-refractivity contribution >= 4 is 11.9 Å². The Labute approximate surface area is 102 Å². The number of aliphatic carboxylic acids is 1. The minimum atomic E-state index is -0.910. The van der Waals surface area contributed by atoms with Gasteiger partial charge in [0.2, 0.25) is 5.91 Å². The lowest BCUT2D eigenvalue weighted by Crippen LogP contribution is -2.44. The molecule has 5 heteroatoms. The molecular formula is C12H22N2O3. The minimum Gasteiger partial charge on any atom is -0.480 e. The van der Waals surface area contributed by atoms with Crippen LogP contribution in [0.4, 0.5) is 0 Å². The number of hydrogen-bond acceptors (Lipinski definition) is 3. The smallest absolute Gasteiger partial charge is 0.326 e. The van der Waals surface area contributed by atoms with Crippen LogP contribution in [0.1, 0.15) is 39.5 Å². The van der Waals surface area contributed by atoms with E-state index in [0.717, 1.165) is 19.3 Å². The Morgan fingerprint density at radius 3 is 2.71 bits per heavy atom. The zero-order chi connectivity index (χ0) is 13.0. The number of hydrogen-bond donors (Lipinski definition) is 2. The first-order valence-electron chi connectivity index (χ1n) is 6.25. The molecule has 3 atom stereocenters. The molecule has 5 nitrogen and oxygen atoms in total. The first kappa shape index (κ1) is 14.0. The van der Waals surface area contributed by atoms with Gasteiger partial charge in [-0.05, 0) is 18.8 Å². The Morgan fingerprint density at radius 2 is 2.18 bits per heavy atom. The summed E-state index contributed by atoms with van der Waals surface area (Å²) in [4.78, 5) is 24.6. The summed E-state index contributed by atoms with van der Waals surface area (Å²) in [5.41, 5.74) is 5.81. The Balaban J connectivity index is 2.59. The fourth-order valence-corrected chi connectivity index (χ4v) is 2.42. The molecule has 3 unspecified atom stereocenters. The van der Waals surface area contributed by atoms with E-state index in [0.29, 0.717) is 6.54 Å². The van der Waals surface area contributed by atoms with Gasteiger partial charge in [0.05, 0.1) is 0 Å². The van der Waals surface area contributed by atoms with Crippen molar-refractivity contribution in [2.24, 2.45) is 11.7 Å². The van der Waals surface area contributed by atoms with Crippen molar-refractivity contribution in [3.05, 3.63) is 0 Å². The predicted molar refractivity (Wildman–Crippen MR) is 64.4 cm³/mol. The van der Waals surface area contributed by atoms with Crippen molar-refractivity contribution in [2.75, 3.05) is 6.54 Å². The first-order valence-corrected chi connectivity index (χ1v) is 6.25. The number of likely N-dealkylation sites (tertiary alicyclic amines) is 1. The van der Waals surface area contributed by atoms with E-state index in [-0.39, 0.29) is 24.3 Å². The van der Waals surface area contributed by atoms with Crippen LogP contribution in [-0.4, -0.2) is 40.5 Å². The van der Waals surface area contributed by atoms with Crippen molar-refractivity contribution in [3.8, 4) is 0 Å². The van der Waals surface area contributed by atoms with Gasteiger partial charge in [0.1, 0.15) is 6.04 Å². The van der Waals surface area contributed by atoms with Crippen LogP contribution in [0.25, 0.3) is 0 Å². The van der Waals surface area contributed by atoms with E-state index in [1.165, 1.54) is 4.90 Å². The molecule has 98 valence electrons. The average Bonchev–Trinajstić information content (AvgIpc) is 2.60. The maximum absolute atomic E-state index is 12.0. The highest BCUT2D eigenvalue weighted by atomic mass is 16.4. The molecule has 1 heterocycles. The summed E-state index contributed by atoms with van der Waals surface area (Å²) in [6.45, 7) is 4.43. The van der Waals surface area contributed by atoms with E-state index in [1.807, 2.05) is 13.8 Å². The highest BCUT2D eigenvalue weighted by Crippen LogP contribution is 2.25. The maximum Gasteiger partial charge on any atom is 0.326 e. The summed E-state index contributed by atoms with van der Waals surface area (Å²) < 4.78 is 0. The van der Waals surface area contributed by atoms with E-state index >= 15 is 0 Å². The largest absolute Gasteiger partial charge is 0.480 e. The normalized spacial score (nSPS) is 25.9. The van der Waals surface area contributed by atoms with Crippen molar-refractivity contribution in [1.82, 2.24) is 4.90 Å². The lowest BCUT2D eigenvalue weighted by Gasteiger charge is -2.24.